The molecular formula is C27H32ClN3O2. The van der Waals surface area contributed by atoms with E-state index in [1.165, 1.54) is 11.1 Å². The van der Waals surface area contributed by atoms with Gasteiger partial charge in [0.05, 0.1) is 10.6 Å². The summed E-state index contributed by atoms with van der Waals surface area (Å²) in [7, 11) is 2.14. The summed E-state index contributed by atoms with van der Waals surface area (Å²) in [6, 6.07) is 13.3. The number of ether oxygens (including phenoxy) is 1. The molecule has 0 unspecified atom stereocenters. The predicted molar refractivity (Wildman–Crippen MR) is 131 cm³/mol. The van der Waals surface area contributed by atoms with Crippen molar-refractivity contribution in [2.75, 3.05) is 20.1 Å². The van der Waals surface area contributed by atoms with E-state index in [0.717, 1.165) is 25.9 Å². The van der Waals surface area contributed by atoms with E-state index >= 15 is 0 Å². The lowest BCUT2D eigenvalue weighted by molar-refractivity contribution is -0.164. The smallest absolute Gasteiger partial charge is 0.251 e. The van der Waals surface area contributed by atoms with E-state index in [0.29, 0.717) is 21.9 Å². The Kier molecular flexibility index (Phi) is 6.20. The molecule has 2 aromatic rings. The molecule has 1 aliphatic heterocycles. The fourth-order valence-electron chi connectivity index (χ4n) is 5.79. The van der Waals surface area contributed by atoms with Crippen LogP contribution >= 0.6 is 11.6 Å². The first-order chi connectivity index (χ1) is 15.5. The molecule has 1 saturated carbocycles. The minimum Gasteiger partial charge on any atom is -0.489 e. The second kappa shape index (κ2) is 8.66. The lowest BCUT2D eigenvalue weighted by Crippen LogP contribution is -2.74. The van der Waals surface area contributed by atoms with Crippen LogP contribution < -0.4 is 10.1 Å². The number of hydrogen-bond acceptors (Lipinski definition) is 4. The number of nitriles is 1. The zero-order valence-corrected chi connectivity index (χ0v) is 20.8. The monoisotopic (exact) mass is 465 g/mol. The summed E-state index contributed by atoms with van der Waals surface area (Å²) in [5, 5.41) is 12.8. The number of fused-ring (bicyclic) bond motifs is 1. The zero-order valence-electron chi connectivity index (χ0n) is 20.0. The van der Waals surface area contributed by atoms with Crippen molar-refractivity contribution < 1.29 is 9.53 Å². The molecule has 5 nitrogen and oxygen atoms in total. The average molecular weight is 466 g/mol. The lowest BCUT2D eigenvalue weighted by Gasteiger charge is -2.63. The Morgan fingerprint density at radius 1 is 1.09 bits per heavy atom. The fraction of sp³-hybridized carbons (Fsp3) is 0.481. The van der Waals surface area contributed by atoms with E-state index in [1.54, 1.807) is 18.2 Å². The number of nitrogens with zero attached hydrogens (tertiary/aromatic N) is 2. The summed E-state index contributed by atoms with van der Waals surface area (Å²) in [4.78, 5) is 15.6. The number of halogens is 1. The number of nitrogens with one attached hydrogen (secondary N) is 1. The van der Waals surface area contributed by atoms with Crippen molar-refractivity contribution >= 4 is 17.5 Å². The molecule has 1 aliphatic carbocycles. The Morgan fingerprint density at radius 3 is 2.39 bits per heavy atom. The normalized spacial score (nSPS) is 23.4. The van der Waals surface area contributed by atoms with Crippen LogP contribution in [-0.4, -0.2) is 43.1 Å². The van der Waals surface area contributed by atoms with Gasteiger partial charge in [-0.05, 0) is 55.3 Å². The van der Waals surface area contributed by atoms with Crippen molar-refractivity contribution in [1.82, 2.24) is 10.2 Å². The number of carbonyl (C=O) groups excluding carboxylic acids is 1. The van der Waals surface area contributed by atoms with Crippen LogP contribution in [0.4, 0.5) is 0 Å². The Morgan fingerprint density at radius 2 is 1.76 bits per heavy atom. The molecule has 33 heavy (non-hydrogen) atoms. The molecule has 174 valence electrons. The van der Waals surface area contributed by atoms with Crippen molar-refractivity contribution in [3.8, 4) is 11.8 Å². The lowest BCUT2D eigenvalue weighted by atomic mass is 9.49. The highest BCUT2D eigenvalue weighted by atomic mass is 35.5. The average Bonchev–Trinajstić information content (AvgIpc) is 2.96. The number of carbonyl (C=O) groups is 1. The highest BCUT2D eigenvalue weighted by molar-refractivity contribution is 6.31. The molecule has 0 aromatic heterocycles. The SMILES string of the molecule is CN1CCc2ccc(C(=O)N[C@H]3C(C)(C)[C@H](Oc4ccc(C#N)c(Cl)c4)C3(C)C)cc2CC1. The second-order valence-electron chi connectivity index (χ2n) is 10.6. The number of likely N-dealkylation sites (N-methyl/N-ethyl adjacent to an activating group) is 1. The second-order valence-corrected chi connectivity index (χ2v) is 11.0. The third-order valence-electron chi connectivity index (χ3n) is 7.42. The zero-order chi connectivity index (χ0) is 24.0. The van der Waals surface area contributed by atoms with E-state index in [-0.39, 0.29) is 28.9 Å². The van der Waals surface area contributed by atoms with Gasteiger partial charge >= 0.3 is 0 Å². The molecular weight excluding hydrogens is 434 g/mol. The first-order valence-electron chi connectivity index (χ1n) is 11.5. The maximum absolute atomic E-state index is 13.2. The van der Waals surface area contributed by atoms with Gasteiger partial charge < -0.3 is 15.0 Å². The topological polar surface area (TPSA) is 65.4 Å². The molecule has 0 spiro atoms. The quantitative estimate of drug-likeness (QED) is 0.700. The van der Waals surface area contributed by atoms with Crippen LogP contribution in [0.25, 0.3) is 0 Å². The third-order valence-corrected chi connectivity index (χ3v) is 7.74. The van der Waals surface area contributed by atoms with Gasteiger partial charge in [0.25, 0.3) is 5.91 Å². The highest BCUT2D eigenvalue weighted by Crippen LogP contribution is 2.55. The fourth-order valence-corrected chi connectivity index (χ4v) is 6.00. The Balaban J connectivity index is 1.48. The number of benzene rings is 2. The van der Waals surface area contributed by atoms with Crippen LogP contribution in [0.15, 0.2) is 36.4 Å². The molecule has 0 radical (unpaired) electrons. The molecule has 1 heterocycles. The van der Waals surface area contributed by atoms with Crippen LogP contribution in [-0.2, 0) is 12.8 Å². The van der Waals surface area contributed by atoms with Crippen molar-refractivity contribution in [3.63, 3.8) is 0 Å². The van der Waals surface area contributed by atoms with E-state index in [1.807, 2.05) is 6.07 Å². The van der Waals surface area contributed by atoms with Gasteiger partial charge in [0, 0.05) is 41.6 Å². The predicted octanol–water partition coefficient (Wildman–Crippen LogP) is 4.85. The van der Waals surface area contributed by atoms with Crippen LogP contribution in [0.2, 0.25) is 5.02 Å². The van der Waals surface area contributed by atoms with Crippen LogP contribution in [0, 0.1) is 22.2 Å². The Labute approximate surface area is 201 Å². The van der Waals surface area contributed by atoms with Gasteiger partial charge in [-0.1, -0.05) is 45.4 Å². The molecule has 0 saturated heterocycles. The van der Waals surface area contributed by atoms with Gasteiger partial charge in [0.2, 0.25) is 0 Å². The largest absolute Gasteiger partial charge is 0.489 e. The minimum atomic E-state index is -0.284. The van der Waals surface area contributed by atoms with Crippen molar-refractivity contribution in [2.45, 2.75) is 52.7 Å². The maximum Gasteiger partial charge on any atom is 0.251 e. The van der Waals surface area contributed by atoms with Crippen LogP contribution in [0.1, 0.15) is 54.7 Å². The van der Waals surface area contributed by atoms with Gasteiger partial charge in [0.15, 0.2) is 0 Å². The molecule has 1 fully saturated rings. The molecule has 6 heteroatoms. The van der Waals surface area contributed by atoms with Gasteiger partial charge in [-0.15, -0.1) is 0 Å². The van der Waals surface area contributed by atoms with Crippen LogP contribution in [0.5, 0.6) is 5.75 Å². The Bertz CT molecular complexity index is 1100. The highest BCUT2D eigenvalue weighted by Gasteiger charge is 2.64. The van der Waals surface area contributed by atoms with Gasteiger partial charge in [-0.25, -0.2) is 0 Å². The Hall–Kier alpha value is -2.55. The van der Waals surface area contributed by atoms with E-state index < -0.39 is 0 Å². The summed E-state index contributed by atoms with van der Waals surface area (Å²) < 4.78 is 6.33. The van der Waals surface area contributed by atoms with Gasteiger partial charge in [-0.2, -0.15) is 5.26 Å². The standard InChI is InChI=1S/C27H32ClN3O2/c1-26(2)24(27(3,4)25(26)33-21-9-8-20(16-29)22(28)15-21)30-23(32)19-7-6-17-10-12-31(5)13-11-18(17)14-19/h6-9,14-15,24-25H,10-13H2,1-5H3,(H,30,32)/t24-,25-. The molecule has 1 amide bonds. The van der Waals surface area contributed by atoms with Crippen LogP contribution in [0.3, 0.4) is 0 Å². The number of amides is 1. The van der Waals surface area contributed by atoms with E-state index in [4.69, 9.17) is 21.6 Å². The molecule has 0 atom stereocenters. The molecule has 2 aromatic carbocycles. The minimum absolute atomic E-state index is 0.0404. The molecule has 1 N–H and O–H groups in total. The summed E-state index contributed by atoms with van der Waals surface area (Å²) >= 11 is 6.19. The molecule has 2 aliphatic rings. The molecule has 0 bridgehead atoms. The first kappa shape index (κ1) is 23.6. The summed E-state index contributed by atoms with van der Waals surface area (Å²) in [5.74, 6) is 0.590. The van der Waals surface area contributed by atoms with Crippen molar-refractivity contribution in [1.29, 1.82) is 5.26 Å². The van der Waals surface area contributed by atoms with E-state index in [9.17, 15) is 4.79 Å². The van der Waals surface area contributed by atoms with Gasteiger partial charge in [-0.3, -0.25) is 4.79 Å². The molecule has 4 rings (SSSR count). The summed E-state index contributed by atoms with van der Waals surface area (Å²) in [6.07, 6.45) is 1.87. The van der Waals surface area contributed by atoms with Gasteiger partial charge in [0.1, 0.15) is 17.9 Å². The first-order valence-corrected chi connectivity index (χ1v) is 11.9. The maximum atomic E-state index is 13.2. The summed E-state index contributed by atoms with van der Waals surface area (Å²) in [6.45, 7) is 10.5. The third kappa shape index (κ3) is 4.35. The van der Waals surface area contributed by atoms with Crippen molar-refractivity contribution in [3.05, 3.63) is 63.7 Å². The number of hydrogen-bond donors (Lipinski definition) is 1. The summed E-state index contributed by atoms with van der Waals surface area (Å²) in [5.41, 5.74) is 3.19. The number of rotatable bonds is 4. The van der Waals surface area contributed by atoms with E-state index in [2.05, 4.69) is 63.2 Å². The van der Waals surface area contributed by atoms with Crippen molar-refractivity contribution in [2.24, 2.45) is 10.8 Å².